The van der Waals surface area contributed by atoms with Gasteiger partial charge < -0.3 is 10.0 Å². The van der Waals surface area contributed by atoms with E-state index in [1.807, 2.05) is 0 Å². The first-order valence-electron chi connectivity index (χ1n) is 9.31. The third-order valence-electron chi connectivity index (χ3n) is 5.93. The molecule has 1 heterocycles. The van der Waals surface area contributed by atoms with E-state index in [1.165, 1.54) is 38.5 Å². The number of carbonyl (C=O) groups is 1. The predicted molar refractivity (Wildman–Crippen MR) is 87.5 cm³/mol. The van der Waals surface area contributed by atoms with Crippen LogP contribution in [-0.2, 0) is 4.79 Å². The van der Waals surface area contributed by atoms with Crippen molar-refractivity contribution in [2.75, 3.05) is 26.2 Å². The summed E-state index contributed by atoms with van der Waals surface area (Å²) in [6, 6.07) is 1.05. The Bertz CT molecular complexity index is 367. The summed E-state index contributed by atoms with van der Waals surface area (Å²) >= 11 is 0. The number of aliphatic hydroxyl groups excluding tert-OH is 1. The molecule has 0 aromatic carbocycles. The first-order valence-corrected chi connectivity index (χ1v) is 9.31. The number of hydrogen-bond acceptors (Lipinski definition) is 3. The summed E-state index contributed by atoms with van der Waals surface area (Å²) in [5.41, 5.74) is 0. The molecule has 0 atom stereocenters. The van der Waals surface area contributed by atoms with Gasteiger partial charge in [-0.15, -0.1) is 0 Å². The molecule has 1 saturated heterocycles. The molecule has 0 bridgehead atoms. The van der Waals surface area contributed by atoms with Crippen LogP contribution in [0, 0.1) is 11.8 Å². The van der Waals surface area contributed by atoms with Crippen molar-refractivity contribution in [3.8, 4) is 0 Å². The number of hydrogen-bond donors (Lipinski definition) is 1. The molecule has 0 aromatic heterocycles. The largest absolute Gasteiger partial charge is 0.396 e. The van der Waals surface area contributed by atoms with Crippen molar-refractivity contribution in [2.24, 2.45) is 11.8 Å². The lowest BCUT2D eigenvalue weighted by molar-refractivity contribution is -0.136. The Hall–Kier alpha value is -0.610. The summed E-state index contributed by atoms with van der Waals surface area (Å²) in [4.78, 5) is 17.4. The van der Waals surface area contributed by atoms with Crippen LogP contribution in [0.4, 0.5) is 0 Å². The normalized spacial score (nSPS) is 31.2. The van der Waals surface area contributed by atoms with Gasteiger partial charge in [0.25, 0.3) is 0 Å². The minimum Gasteiger partial charge on any atom is -0.396 e. The van der Waals surface area contributed by atoms with E-state index in [1.54, 1.807) is 0 Å². The Morgan fingerprint density at radius 1 is 1.00 bits per heavy atom. The molecule has 3 aliphatic rings. The molecule has 22 heavy (non-hydrogen) atoms. The molecule has 0 spiro atoms. The van der Waals surface area contributed by atoms with Gasteiger partial charge in [-0.1, -0.05) is 6.92 Å². The van der Waals surface area contributed by atoms with Gasteiger partial charge >= 0.3 is 0 Å². The summed E-state index contributed by atoms with van der Waals surface area (Å²) in [5, 5.41) is 9.23. The summed E-state index contributed by atoms with van der Waals surface area (Å²) in [6.07, 6.45) is 9.47. The Labute approximate surface area is 134 Å². The maximum Gasteiger partial charge on any atom is 0.237 e. The lowest BCUT2D eigenvalue weighted by Gasteiger charge is -2.38. The molecule has 1 N–H and O–H groups in total. The van der Waals surface area contributed by atoms with Crippen LogP contribution in [0.3, 0.4) is 0 Å². The minimum absolute atomic E-state index is 0.302. The van der Waals surface area contributed by atoms with Gasteiger partial charge in [0.15, 0.2) is 0 Å². The van der Waals surface area contributed by atoms with Crippen molar-refractivity contribution >= 4 is 5.91 Å². The third kappa shape index (κ3) is 4.02. The minimum atomic E-state index is 0.302. The van der Waals surface area contributed by atoms with Gasteiger partial charge in [0.2, 0.25) is 5.91 Å². The standard InChI is InChI=1S/C18H32N2O2/c1-14-2-4-16(5-3-14)20(17-6-7-17)18(22)12-19-10-8-15(13-21)9-11-19/h14-17,21H,2-13H2,1H3. The van der Waals surface area contributed by atoms with Crippen molar-refractivity contribution in [3.05, 3.63) is 0 Å². The zero-order chi connectivity index (χ0) is 15.5. The van der Waals surface area contributed by atoms with Crippen molar-refractivity contribution < 1.29 is 9.90 Å². The lowest BCUT2D eigenvalue weighted by Crippen LogP contribution is -2.49. The summed E-state index contributed by atoms with van der Waals surface area (Å²) in [6.45, 7) is 5.18. The molecule has 0 aromatic rings. The van der Waals surface area contributed by atoms with Crippen LogP contribution < -0.4 is 0 Å². The van der Waals surface area contributed by atoms with E-state index in [-0.39, 0.29) is 0 Å². The molecule has 1 aliphatic heterocycles. The number of carbonyl (C=O) groups excluding carboxylic acids is 1. The van der Waals surface area contributed by atoms with Crippen molar-refractivity contribution in [1.29, 1.82) is 0 Å². The van der Waals surface area contributed by atoms with Gasteiger partial charge in [0, 0.05) is 18.7 Å². The first-order chi connectivity index (χ1) is 10.7. The Kier molecular flexibility index (Phi) is 5.40. The number of likely N-dealkylation sites (tertiary alicyclic amines) is 1. The van der Waals surface area contributed by atoms with Gasteiger partial charge in [-0.25, -0.2) is 0 Å². The van der Waals surface area contributed by atoms with Gasteiger partial charge in [-0.3, -0.25) is 9.69 Å². The topological polar surface area (TPSA) is 43.8 Å². The third-order valence-corrected chi connectivity index (χ3v) is 5.93. The maximum absolute atomic E-state index is 12.9. The summed E-state index contributed by atoms with van der Waals surface area (Å²) in [5.74, 6) is 1.65. The molecule has 126 valence electrons. The van der Waals surface area contributed by atoms with Crippen LogP contribution in [0.25, 0.3) is 0 Å². The summed E-state index contributed by atoms with van der Waals surface area (Å²) < 4.78 is 0. The molecule has 2 aliphatic carbocycles. The predicted octanol–water partition coefficient (Wildman–Crippen LogP) is 2.26. The number of rotatable bonds is 5. The average molecular weight is 308 g/mol. The van der Waals surface area contributed by atoms with Crippen LogP contribution in [0.2, 0.25) is 0 Å². The number of nitrogens with zero attached hydrogens (tertiary/aromatic N) is 2. The van der Waals surface area contributed by atoms with Crippen LogP contribution in [-0.4, -0.2) is 59.1 Å². The van der Waals surface area contributed by atoms with E-state index in [2.05, 4.69) is 16.7 Å². The molecular formula is C18H32N2O2. The second-order valence-corrected chi connectivity index (χ2v) is 7.85. The van der Waals surface area contributed by atoms with Gasteiger partial charge in [-0.05, 0) is 76.3 Å². The molecule has 3 fully saturated rings. The van der Waals surface area contributed by atoms with E-state index in [9.17, 15) is 9.90 Å². The SMILES string of the molecule is CC1CCC(N(C(=O)CN2CCC(CO)CC2)C2CC2)CC1. The number of piperidine rings is 1. The average Bonchev–Trinajstić information content (AvgIpc) is 3.35. The molecular weight excluding hydrogens is 276 g/mol. The highest BCUT2D eigenvalue weighted by atomic mass is 16.3. The second-order valence-electron chi connectivity index (χ2n) is 7.85. The van der Waals surface area contributed by atoms with Gasteiger partial charge in [0.1, 0.15) is 0 Å². The van der Waals surface area contributed by atoms with Crippen LogP contribution in [0.15, 0.2) is 0 Å². The maximum atomic E-state index is 12.9. The van der Waals surface area contributed by atoms with Crippen LogP contribution in [0.1, 0.15) is 58.3 Å². The molecule has 0 unspecified atom stereocenters. The Morgan fingerprint density at radius 3 is 2.05 bits per heavy atom. The summed E-state index contributed by atoms with van der Waals surface area (Å²) in [7, 11) is 0. The fraction of sp³-hybridized carbons (Fsp3) is 0.944. The Balaban J connectivity index is 1.52. The van der Waals surface area contributed by atoms with E-state index in [0.717, 1.165) is 31.8 Å². The van der Waals surface area contributed by atoms with E-state index < -0.39 is 0 Å². The van der Waals surface area contributed by atoms with E-state index in [4.69, 9.17) is 0 Å². The zero-order valence-electron chi connectivity index (χ0n) is 14.0. The zero-order valence-corrected chi connectivity index (χ0v) is 14.0. The fourth-order valence-corrected chi connectivity index (χ4v) is 4.18. The molecule has 4 nitrogen and oxygen atoms in total. The van der Waals surface area contributed by atoms with Crippen LogP contribution in [0.5, 0.6) is 0 Å². The highest BCUT2D eigenvalue weighted by Crippen LogP contribution is 2.35. The lowest BCUT2D eigenvalue weighted by atomic mass is 9.86. The van der Waals surface area contributed by atoms with E-state index in [0.29, 0.717) is 37.1 Å². The van der Waals surface area contributed by atoms with Gasteiger partial charge in [0.05, 0.1) is 6.54 Å². The molecule has 4 heteroatoms. The molecule has 3 rings (SSSR count). The second kappa shape index (κ2) is 7.31. The highest BCUT2D eigenvalue weighted by Gasteiger charge is 2.38. The fourth-order valence-electron chi connectivity index (χ4n) is 4.18. The highest BCUT2D eigenvalue weighted by molar-refractivity contribution is 5.79. The number of amides is 1. The first kappa shape index (κ1) is 16.3. The molecule has 2 saturated carbocycles. The monoisotopic (exact) mass is 308 g/mol. The van der Waals surface area contributed by atoms with Crippen molar-refractivity contribution in [1.82, 2.24) is 9.80 Å². The number of aliphatic hydroxyl groups is 1. The van der Waals surface area contributed by atoms with Crippen LogP contribution >= 0.6 is 0 Å². The van der Waals surface area contributed by atoms with Gasteiger partial charge in [-0.2, -0.15) is 0 Å². The smallest absolute Gasteiger partial charge is 0.237 e. The molecule has 1 amide bonds. The molecule has 0 radical (unpaired) electrons. The quantitative estimate of drug-likeness (QED) is 0.847. The van der Waals surface area contributed by atoms with E-state index >= 15 is 0 Å². The van der Waals surface area contributed by atoms with Crippen molar-refractivity contribution in [3.63, 3.8) is 0 Å². The Morgan fingerprint density at radius 2 is 1.55 bits per heavy atom. The van der Waals surface area contributed by atoms with Crippen molar-refractivity contribution in [2.45, 2.75) is 70.4 Å².